The first-order valence-electron chi connectivity index (χ1n) is 20.5. The van der Waals surface area contributed by atoms with Gasteiger partial charge in [-0.1, -0.05) is 158 Å². The van der Waals surface area contributed by atoms with Crippen LogP contribution < -0.4 is 4.90 Å². The van der Waals surface area contributed by atoms with Crippen molar-refractivity contribution >= 4 is 33.2 Å². The van der Waals surface area contributed by atoms with Crippen molar-refractivity contribution in [1.82, 2.24) is 4.57 Å². The number of anilines is 2. The molecule has 8 aromatic carbocycles. The first kappa shape index (κ1) is 32.0. The van der Waals surface area contributed by atoms with Gasteiger partial charge in [0.05, 0.1) is 27.7 Å². The third-order valence-corrected chi connectivity index (χ3v) is 13.8. The number of fused-ring (bicyclic) bond motifs is 16. The summed E-state index contributed by atoms with van der Waals surface area (Å²) in [6, 6.07) is 68.2. The van der Waals surface area contributed by atoms with Crippen LogP contribution in [-0.2, 0) is 5.41 Å². The number of benzene rings is 8. The molecule has 1 aliphatic heterocycles. The van der Waals surface area contributed by atoms with E-state index in [-0.39, 0.29) is 16.9 Å². The molecule has 58 heavy (non-hydrogen) atoms. The zero-order valence-corrected chi connectivity index (χ0v) is 32.1. The van der Waals surface area contributed by atoms with Gasteiger partial charge in [-0.3, -0.25) is 0 Å². The summed E-state index contributed by atoms with van der Waals surface area (Å²) in [7, 11) is 0. The molecular weight excluding hydrogens is 701 g/mol. The van der Waals surface area contributed by atoms with Crippen LogP contribution in [0.15, 0.2) is 206 Å². The topological polar surface area (TPSA) is 8.17 Å². The molecule has 2 nitrogen and oxygen atoms in total. The number of rotatable bonds is 3. The van der Waals surface area contributed by atoms with Crippen LogP contribution in [0.3, 0.4) is 0 Å². The van der Waals surface area contributed by atoms with E-state index in [0.29, 0.717) is 0 Å². The zero-order valence-electron chi connectivity index (χ0n) is 32.1. The molecular formula is C56H38N2. The van der Waals surface area contributed by atoms with Crippen molar-refractivity contribution in [3.05, 3.63) is 234 Å². The van der Waals surface area contributed by atoms with Crippen molar-refractivity contribution in [3.63, 3.8) is 0 Å². The second-order valence-corrected chi connectivity index (χ2v) is 16.6. The molecule has 0 radical (unpaired) electrons. The molecule has 1 aromatic heterocycles. The first-order chi connectivity index (χ1) is 28.7. The third-order valence-electron chi connectivity index (χ3n) is 13.8. The number of hydrogen-bond acceptors (Lipinski definition) is 1. The molecule has 9 aromatic rings. The van der Waals surface area contributed by atoms with Gasteiger partial charge in [-0.15, -0.1) is 0 Å². The van der Waals surface area contributed by atoms with Gasteiger partial charge in [0, 0.05) is 33.6 Å². The maximum atomic E-state index is 2.66. The normalized spacial score (nSPS) is 18.6. The molecule has 4 aliphatic rings. The fraction of sp³-hybridized carbons (Fsp3) is 0.0714. The standard InChI is InChI=1S/C56H38N2/c1-55-33-14-13-22-45(55)44-35-37(36-29-31-51-43(34-36)41-20-8-12-27-50(41)57(51)38-16-3-2-4-17-38)30-32-52(44)58(55)53-28-15-26-49-54(53)42-21-7-11-25-48(42)56(49)46-23-9-5-18-39(46)40-19-6-10-24-47(40)56/h2-35,45H,1H3. The smallest absolute Gasteiger partial charge is 0.0726 e. The molecule has 2 heteroatoms. The van der Waals surface area contributed by atoms with Gasteiger partial charge in [0.2, 0.25) is 0 Å². The molecule has 2 atom stereocenters. The van der Waals surface area contributed by atoms with E-state index in [0.717, 1.165) is 0 Å². The highest BCUT2D eigenvalue weighted by molar-refractivity contribution is 6.10. The van der Waals surface area contributed by atoms with E-state index in [4.69, 9.17) is 0 Å². The maximum Gasteiger partial charge on any atom is 0.0726 e. The van der Waals surface area contributed by atoms with Crippen LogP contribution in [0.2, 0.25) is 0 Å². The molecule has 0 saturated carbocycles. The highest BCUT2D eigenvalue weighted by Gasteiger charge is 2.54. The molecule has 13 rings (SSSR count). The number of para-hydroxylation sites is 2. The summed E-state index contributed by atoms with van der Waals surface area (Å²) in [5.74, 6) is 0.186. The van der Waals surface area contributed by atoms with E-state index < -0.39 is 0 Å². The molecule has 272 valence electrons. The minimum Gasteiger partial charge on any atom is -0.330 e. The number of nitrogens with zero attached hydrogens (tertiary/aromatic N) is 2. The van der Waals surface area contributed by atoms with Crippen molar-refractivity contribution in [1.29, 1.82) is 0 Å². The monoisotopic (exact) mass is 738 g/mol. The van der Waals surface area contributed by atoms with Crippen LogP contribution in [-0.4, -0.2) is 10.1 Å². The largest absolute Gasteiger partial charge is 0.330 e. The minimum atomic E-state index is -0.383. The Morgan fingerprint density at radius 2 is 1.09 bits per heavy atom. The van der Waals surface area contributed by atoms with Gasteiger partial charge < -0.3 is 9.47 Å². The van der Waals surface area contributed by atoms with Gasteiger partial charge >= 0.3 is 0 Å². The van der Waals surface area contributed by atoms with Gasteiger partial charge in [-0.05, 0) is 111 Å². The Morgan fingerprint density at radius 1 is 0.466 bits per heavy atom. The van der Waals surface area contributed by atoms with Gasteiger partial charge in [0.1, 0.15) is 0 Å². The van der Waals surface area contributed by atoms with Crippen molar-refractivity contribution in [2.24, 2.45) is 0 Å². The van der Waals surface area contributed by atoms with Crippen LogP contribution >= 0.6 is 0 Å². The average Bonchev–Trinajstić information content (AvgIpc) is 3.96. The molecule has 0 bridgehead atoms. The van der Waals surface area contributed by atoms with Crippen LogP contribution in [0, 0.1) is 0 Å². The Morgan fingerprint density at radius 3 is 1.88 bits per heavy atom. The molecule has 2 unspecified atom stereocenters. The molecule has 0 amide bonds. The van der Waals surface area contributed by atoms with Gasteiger partial charge in [-0.25, -0.2) is 0 Å². The van der Waals surface area contributed by atoms with Crippen molar-refractivity contribution < 1.29 is 0 Å². The average molecular weight is 739 g/mol. The Hall–Kier alpha value is -7.16. The highest BCUT2D eigenvalue weighted by Crippen LogP contribution is 2.66. The fourth-order valence-corrected chi connectivity index (χ4v) is 11.5. The van der Waals surface area contributed by atoms with E-state index in [1.54, 1.807) is 0 Å². The molecule has 1 spiro atoms. The van der Waals surface area contributed by atoms with E-state index >= 15 is 0 Å². The number of hydrogen-bond donors (Lipinski definition) is 0. The van der Waals surface area contributed by atoms with Crippen LogP contribution in [0.1, 0.15) is 40.7 Å². The Balaban J connectivity index is 1.01. The van der Waals surface area contributed by atoms with E-state index in [1.807, 2.05) is 0 Å². The third kappa shape index (κ3) is 3.92. The maximum absolute atomic E-state index is 2.66. The zero-order chi connectivity index (χ0) is 38.2. The molecule has 3 aliphatic carbocycles. The SMILES string of the molecule is CC12C=CC=CC1c1cc(-c3ccc4c(c3)c3ccccc3n4-c3ccccc3)ccc1N2c1cccc2c1-c1ccccc1C21c2ccccc2-c2ccccc21. The number of aromatic nitrogens is 1. The minimum absolute atomic E-state index is 0.186. The van der Waals surface area contributed by atoms with Crippen LogP contribution in [0.25, 0.3) is 60.9 Å². The fourth-order valence-electron chi connectivity index (χ4n) is 11.5. The van der Waals surface area contributed by atoms with E-state index in [2.05, 4.69) is 223 Å². The van der Waals surface area contributed by atoms with Crippen LogP contribution in [0.4, 0.5) is 11.4 Å². The lowest BCUT2D eigenvalue weighted by atomic mass is 9.70. The summed E-state index contributed by atoms with van der Waals surface area (Å²) >= 11 is 0. The second-order valence-electron chi connectivity index (χ2n) is 16.6. The summed E-state index contributed by atoms with van der Waals surface area (Å²) in [6.45, 7) is 2.43. The molecule has 0 fully saturated rings. The van der Waals surface area contributed by atoms with Crippen molar-refractivity contribution in [3.8, 4) is 39.1 Å². The predicted molar refractivity (Wildman–Crippen MR) is 241 cm³/mol. The lowest BCUT2D eigenvalue weighted by molar-refractivity contribution is 0.542. The summed E-state index contributed by atoms with van der Waals surface area (Å²) in [5, 5.41) is 2.54. The summed E-state index contributed by atoms with van der Waals surface area (Å²) < 4.78 is 2.39. The Bertz CT molecular complexity index is 3220. The van der Waals surface area contributed by atoms with Crippen LogP contribution in [0.5, 0.6) is 0 Å². The van der Waals surface area contributed by atoms with E-state index in [1.165, 1.54) is 100 Å². The Kier molecular flexibility index (Phi) is 6.32. The quantitative estimate of drug-likeness (QED) is 0.175. The Labute approximate surface area is 338 Å². The second kappa shape index (κ2) is 11.5. The van der Waals surface area contributed by atoms with Crippen molar-refractivity contribution in [2.45, 2.75) is 23.8 Å². The van der Waals surface area contributed by atoms with Gasteiger partial charge in [0.25, 0.3) is 0 Å². The summed E-state index contributed by atoms with van der Waals surface area (Å²) in [5.41, 5.74) is 20.1. The summed E-state index contributed by atoms with van der Waals surface area (Å²) in [6.07, 6.45) is 9.33. The lowest BCUT2D eigenvalue weighted by Crippen LogP contribution is -2.42. The molecule has 0 saturated heterocycles. The van der Waals surface area contributed by atoms with E-state index in [9.17, 15) is 0 Å². The van der Waals surface area contributed by atoms with Gasteiger partial charge in [0.15, 0.2) is 0 Å². The highest BCUT2D eigenvalue weighted by atomic mass is 15.2. The predicted octanol–water partition coefficient (Wildman–Crippen LogP) is 13.9. The lowest BCUT2D eigenvalue weighted by Gasteiger charge is -2.40. The first-order valence-corrected chi connectivity index (χ1v) is 20.5. The van der Waals surface area contributed by atoms with Crippen molar-refractivity contribution in [2.75, 3.05) is 4.90 Å². The molecule has 2 heterocycles. The summed E-state index contributed by atoms with van der Waals surface area (Å²) in [4.78, 5) is 2.66. The number of allylic oxidation sites excluding steroid dienone is 2. The van der Waals surface area contributed by atoms with Gasteiger partial charge in [-0.2, -0.15) is 0 Å². The molecule has 0 N–H and O–H groups in total.